The largest absolute Gasteiger partial charge is 0.349 e. The molecule has 1 unspecified atom stereocenters. The average Bonchev–Trinajstić information content (AvgIpc) is 1.97. The summed E-state index contributed by atoms with van der Waals surface area (Å²) in [6.45, 7) is 4.99. The number of allylic oxidation sites excluding steroid dienone is 1. The summed E-state index contributed by atoms with van der Waals surface area (Å²) in [7, 11) is 0. The van der Waals surface area contributed by atoms with Gasteiger partial charge in [-0.25, -0.2) is 0 Å². The number of carbonyl (C=O) groups is 2. The summed E-state index contributed by atoms with van der Waals surface area (Å²) >= 11 is 0. The van der Waals surface area contributed by atoms with Crippen LogP contribution >= 0.6 is 0 Å². The van der Waals surface area contributed by atoms with Crippen molar-refractivity contribution in [2.24, 2.45) is 0 Å². The minimum absolute atomic E-state index is 0.0149. The molecule has 0 spiro atoms. The maximum atomic E-state index is 10.8. The molecule has 11 heavy (non-hydrogen) atoms. The van der Waals surface area contributed by atoms with Crippen molar-refractivity contribution in [2.75, 3.05) is 0 Å². The van der Waals surface area contributed by atoms with Gasteiger partial charge in [0.25, 0.3) is 0 Å². The van der Waals surface area contributed by atoms with Gasteiger partial charge in [0.2, 0.25) is 6.41 Å². The Morgan fingerprint density at radius 2 is 2.36 bits per heavy atom. The molecular weight excluding hydrogens is 142 g/mol. The van der Waals surface area contributed by atoms with Crippen molar-refractivity contribution >= 4 is 12.2 Å². The number of carbonyl (C=O) groups excluding carboxylic acids is 2. The van der Waals surface area contributed by atoms with Crippen LogP contribution in [0.1, 0.15) is 19.8 Å². The Kier molecular flexibility index (Phi) is 5.07. The number of rotatable bonds is 6. The molecule has 0 aromatic carbocycles. The summed E-state index contributed by atoms with van der Waals surface area (Å²) < 4.78 is 0. The second kappa shape index (κ2) is 5.65. The van der Waals surface area contributed by atoms with Crippen molar-refractivity contribution in [3.63, 3.8) is 0 Å². The standard InChI is InChI=1S/C8H13NO2/c1-3-4-5-8(7(2)11)9-6-10/h3,6,8H,1,4-5H2,2H3,(H,9,10). The van der Waals surface area contributed by atoms with E-state index in [1.165, 1.54) is 6.92 Å². The first-order valence-corrected chi connectivity index (χ1v) is 3.53. The lowest BCUT2D eigenvalue weighted by Crippen LogP contribution is -2.33. The van der Waals surface area contributed by atoms with Crippen molar-refractivity contribution in [3.8, 4) is 0 Å². The van der Waals surface area contributed by atoms with Crippen molar-refractivity contribution < 1.29 is 9.59 Å². The lowest BCUT2D eigenvalue weighted by molar-refractivity contribution is -0.121. The van der Waals surface area contributed by atoms with Gasteiger partial charge in [-0.1, -0.05) is 6.08 Å². The van der Waals surface area contributed by atoms with Gasteiger partial charge < -0.3 is 5.32 Å². The molecular formula is C8H13NO2. The third kappa shape index (κ3) is 4.31. The molecule has 0 aromatic rings. The van der Waals surface area contributed by atoms with E-state index in [1.54, 1.807) is 6.08 Å². The van der Waals surface area contributed by atoms with Crippen LogP contribution in [0.15, 0.2) is 12.7 Å². The SMILES string of the molecule is C=CCCC(NC=O)C(C)=O. The van der Waals surface area contributed by atoms with Crippen LogP contribution in [0.3, 0.4) is 0 Å². The van der Waals surface area contributed by atoms with Crippen molar-refractivity contribution in [2.45, 2.75) is 25.8 Å². The van der Waals surface area contributed by atoms with E-state index in [0.717, 1.165) is 6.42 Å². The Labute approximate surface area is 66.5 Å². The molecule has 0 rings (SSSR count). The van der Waals surface area contributed by atoms with E-state index >= 15 is 0 Å². The van der Waals surface area contributed by atoms with Gasteiger partial charge >= 0.3 is 0 Å². The van der Waals surface area contributed by atoms with E-state index in [9.17, 15) is 9.59 Å². The zero-order valence-electron chi connectivity index (χ0n) is 6.67. The summed E-state index contributed by atoms with van der Waals surface area (Å²) in [4.78, 5) is 20.8. The van der Waals surface area contributed by atoms with E-state index in [2.05, 4.69) is 11.9 Å². The quantitative estimate of drug-likeness (QED) is 0.452. The van der Waals surface area contributed by atoms with Crippen LogP contribution in [0.4, 0.5) is 0 Å². The van der Waals surface area contributed by atoms with Gasteiger partial charge in [-0.15, -0.1) is 6.58 Å². The molecule has 0 saturated carbocycles. The van der Waals surface area contributed by atoms with Gasteiger partial charge in [0, 0.05) is 0 Å². The highest BCUT2D eigenvalue weighted by Gasteiger charge is 2.10. The molecule has 0 radical (unpaired) electrons. The molecule has 0 aliphatic carbocycles. The van der Waals surface area contributed by atoms with E-state index in [0.29, 0.717) is 12.8 Å². The lowest BCUT2D eigenvalue weighted by Gasteiger charge is -2.09. The zero-order valence-corrected chi connectivity index (χ0v) is 6.67. The summed E-state index contributed by atoms with van der Waals surface area (Å²) in [5, 5.41) is 2.44. The van der Waals surface area contributed by atoms with Crippen molar-refractivity contribution in [1.29, 1.82) is 0 Å². The second-order valence-corrected chi connectivity index (χ2v) is 2.31. The highest BCUT2D eigenvalue weighted by Crippen LogP contribution is 1.97. The van der Waals surface area contributed by atoms with Gasteiger partial charge in [-0.2, -0.15) is 0 Å². The highest BCUT2D eigenvalue weighted by molar-refractivity contribution is 5.83. The molecule has 0 heterocycles. The minimum Gasteiger partial charge on any atom is -0.349 e. The topological polar surface area (TPSA) is 46.2 Å². The Hall–Kier alpha value is -1.12. The smallest absolute Gasteiger partial charge is 0.207 e. The summed E-state index contributed by atoms with van der Waals surface area (Å²) in [5.41, 5.74) is 0. The van der Waals surface area contributed by atoms with Crippen molar-refractivity contribution in [3.05, 3.63) is 12.7 Å². The van der Waals surface area contributed by atoms with Gasteiger partial charge in [0.15, 0.2) is 5.78 Å². The first-order valence-electron chi connectivity index (χ1n) is 3.53. The second-order valence-electron chi connectivity index (χ2n) is 2.31. The molecule has 1 atom stereocenters. The van der Waals surface area contributed by atoms with E-state index < -0.39 is 0 Å². The molecule has 0 bridgehead atoms. The third-order valence-corrected chi connectivity index (χ3v) is 1.42. The number of hydrogen-bond acceptors (Lipinski definition) is 2. The van der Waals surface area contributed by atoms with Gasteiger partial charge in [-0.05, 0) is 19.8 Å². The third-order valence-electron chi connectivity index (χ3n) is 1.42. The monoisotopic (exact) mass is 155 g/mol. The predicted octanol–water partition coefficient (Wildman–Crippen LogP) is 0.656. The fourth-order valence-corrected chi connectivity index (χ4v) is 0.771. The summed E-state index contributed by atoms with van der Waals surface area (Å²) in [6.07, 6.45) is 3.65. The molecule has 0 aliphatic heterocycles. The average molecular weight is 155 g/mol. The highest BCUT2D eigenvalue weighted by atomic mass is 16.1. The van der Waals surface area contributed by atoms with Crippen LogP contribution in [0.25, 0.3) is 0 Å². The number of nitrogens with one attached hydrogen (secondary N) is 1. The predicted molar refractivity (Wildman–Crippen MR) is 43.1 cm³/mol. The van der Waals surface area contributed by atoms with Crippen LogP contribution in [0, 0.1) is 0 Å². The maximum Gasteiger partial charge on any atom is 0.207 e. The van der Waals surface area contributed by atoms with Gasteiger partial charge in [0.1, 0.15) is 0 Å². The lowest BCUT2D eigenvalue weighted by atomic mass is 10.1. The van der Waals surface area contributed by atoms with Crippen LogP contribution in [-0.4, -0.2) is 18.2 Å². The van der Waals surface area contributed by atoms with E-state index in [-0.39, 0.29) is 11.8 Å². The normalized spacial score (nSPS) is 11.7. The van der Waals surface area contributed by atoms with E-state index in [1.807, 2.05) is 0 Å². The molecule has 1 N–H and O–H groups in total. The summed E-state index contributed by atoms with van der Waals surface area (Å²) in [6, 6.07) is -0.342. The first kappa shape index (κ1) is 9.88. The Balaban J connectivity index is 3.77. The fraction of sp³-hybridized carbons (Fsp3) is 0.500. The van der Waals surface area contributed by atoms with Gasteiger partial charge in [-0.3, -0.25) is 9.59 Å². The maximum absolute atomic E-state index is 10.8. The molecule has 0 aromatic heterocycles. The Bertz CT molecular complexity index is 154. The molecule has 0 fully saturated rings. The first-order chi connectivity index (χ1) is 5.22. The Morgan fingerprint density at radius 3 is 2.73 bits per heavy atom. The number of amides is 1. The molecule has 3 heteroatoms. The van der Waals surface area contributed by atoms with Crippen LogP contribution in [0.2, 0.25) is 0 Å². The van der Waals surface area contributed by atoms with Crippen molar-refractivity contribution in [1.82, 2.24) is 5.32 Å². The van der Waals surface area contributed by atoms with Gasteiger partial charge in [0.05, 0.1) is 6.04 Å². The molecule has 0 aliphatic rings. The van der Waals surface area contributed by atoms with Crippen LogP contribution < -0.4 is 5.32 Å². The molecule has 1 amide bonds. The van der Waals surface area contributed by atoms with Crippen LogP contribution in [0.5, 0.6) is 0 Å². The zero-order chi connectivity index (χ0) is 8.69. The number of Topliss-reactive ketones (excluding diaryl/α,β-unsaturated/α-hetero) is 1. The molecule has 0 saturated heterocycles. The molecule has 3 nitrogen and oxygen atoms in total. The summed E-state index contributed by atoms with van der Waals surface area (Å²) in [5.74, 6) is -0.0149. The Morgan fingerprint density at radius 1 is 1.73 bits per heavy atom. The van der Waals surface area contributed by atoms with Crippen LogP contribution in [-0.2, 0) is 9.59 Å². The van der Waals surface area contributed by atoms with E-state index in [4.69, 9.17) is 0 Å². The fourth-order valence-electron chi connectivity index (χ4n) is 0.771. The number of hydrogen-bond donors (Lipinski definition) is 1. The minimum atomic E-state index is -0.342. The number of ketones is 1. The molecule has 62 valence electrons.